The van der Waals surface area contributed by atoms with E-state index in [0.29, 0.717) is 5.41 Å². The van der Waals surface area contributed by atoms with Gasteiger partial charge < -0.3 is 13.8 Å². The van der Waals surface area contributed by atoms with Crippen LogP contribution in [-0.2, 0) is 21.1 Å². The van der Waals surface area contributed by atoms with Crippen molar-refractivity contribution in [1.29, 1.82) is 0 Å². The molecule has 0 radical (unpaired) electrons. The van der Waals surface area contributed by atoms with Crippen LogP contribution >= 0.6 is 0 Å². The van der Waals surface area contributed by atoms with E-state index >= 15 is 0 Å². The monoisotopic (exact) mass is 382 g/mol. The summed E-state index contributed by atoms with van der Waals surface area (Å²) in [4.78, 5) is 0. The third kappa shape index (κ3) is 31.3. The summed E-state index contributed by atoms with van der Waals surface area (Å²) in [5.74, 6) is 0.836. The molecule has 0 fully saturated rings. The van der Waals surface area contributed by atoms with Crippen LogP contribution in [0.25, 0.3) is 0 Å². The van der Waals surface area contributed by atoms with Gasteiger partial charge in [0.15, 0.2) is 0 Å². The SMILES string of the molecule is [CH2-]CCC(C)C.[CH2-]CCCC(C)(C)C.[W+2]. The van der Waals surface area contributed by atoms with Crippen molar-refractivity contribution in [3.05, 3.63) is 13.8 Å². The molecule has 0 N–H and O–H groups in total. The van der Waals surface area contributed by atoms with Crippen LogP contribution in [-0.4, -0.2) is 0 Å². The van der Waals surface area contributed by atoms with Gasteiger partial charge in [0.25, 0.3) is 0 Å². The minimum Gasteiger partial charge on any atom is -0.343 e. The van der Waals surface area contributed by atoms with E-state index in [1.165, 1.54) is 19.3 Å². The first-order chi connectivity index (χ1) is 6.33. The van der Waals surface area contributed by atoms with Crippen molar-refractivity contribution in [2.24, 2.45) is 11.3 Å². The molecule has 0 atom stereocenters. The van der Waals surface area contributed by atoms with Gasteiger partial charge in [-0.2, -0.15) is 12.8 Å². The molecule has 0 rings (SSSR count). The second-order valence-corrected chi connectivity index (χ2v) is 5.55. The molecule has 0 bridgehead atoms. The Hall–Kier alpha value is 0.688. The van der Waals surface area contributed by atoms with Gasteiger partial charge in [0.05, 0.1) is 0 Å². The predicted molar refractivity (Wildman–Crippen MR) is 68.1 cm³/mol. The van der Waals surface area contributed by atoms with E-state index in [-0.39, 0.29) is 21.1 Å². The van der Waals surface area contributed by atoms with Gasteiger partial charge in [-0.15, -0.1) is 0 Å². The van der Waals surface area contributed by atoms with Crippen molar-refractivity contribution < 1.29 is 21.1 Å². The van der Waals surface area contributed by atoms with Crippen LogP contribution in [0.1, 0.15) is 66.7 Å². The van der Waals surface area contributed by atoms with Crippen molar-refractivity contribution in [3.8, 4) is 0 Å². The average Bonchev–Trinajstić information content (AvgIpc) is 2.00. The molecule has 0 amide bonds. The molecule has 0 saturated carbocycles. The van der Waals surface area contributed by atoms with Crippen molar-refractivity contribution in [3.63, 3.8) is 0 Å². The van der Waals surface area contributed by atoms with Gasteiger partial charge in [0.2, 0.25) is 0 Å². The average molecular weight is 382 g/mol. The molecule has 1 heteroatoms. The zero-order chi connectivity index (χ0) is 11.6. The van der Waals surface area contributed by atoms with Crippen LogP contribution < -0.4 is 0 Å². The molecular formula is C14H30W. The third-order valence-electron chi connectivity index (χ3n) is 1.96. The van der Waals surface area contributed by atoms with Crippen LogP contribution in [0.4, 0.5) is 0 Å². The summed E-state index contributed by atoms with van der Waals surface area (Å²) in [6.45, 7) is 18.7. The smallest absolute Gasteiger partial charge is 0.343 e. The van der Waals surface area contributed by atoms with Crippen LogP contribution in [0.5, 0.6) is 0 Å². The first kappa shape index (κ1) is 21.0. The molecular weight excluding hydrogens is 352 g/mol. The molecule has 15 heavy (non-hydrogen) atoms. The maximum atomic E-state index is 3.79. The Bertz CT molecular complexity index is 100. The summed E-state index contributed by atoms with van der Waals surface area (Å²) in [7, 11) is 0. The Morgan fingerprint density at radius 2 is 1.47 bits per heavy atom. The third-order valence-corrected chi connectivity index (χ3v) is 1.96. The minimum atomic E-state index is 0. The van der Waals surface area contributed by atoms with Crippen molar-refractivity contribution in [2.45, 2.75) is 66.7 Å². The fourth-order valence-electron chi connectivity index (χ4n) is 1.06. The Balaban J connectivity index is -0.000000187. The van der Waals surface area contributed by atoms with Gasteiger partial charge in [-0.25, -0.2) is 0 Å². The molecule has 0 aromatic carbocycles. The second-order valence-electron chi connectivity index (χ2n) is 5.55. The molecule has 0 aliphatic rings. The molecule has 92 valence electrons. The Labute approximate surface area is 113 Å². The molecule has 0 spiro atoms. The summed E-state index contributed by atoms with van der Waals surface area (Å²) in [6, 6.07) is 0. The summed E-state index contributed by atoms with van der Waals surface area (Å²) in [6.07, 6.45) is 5.99. The van der Waals surface area contributed by atoms with Gasteiger partial charge in [-0.1, -0.05) is 53.9 Å². The van der Waals surface area contributed by atoms with Gasteiger partial charge in [-0.3, -0.25) is 0 Å². The summed E-state index contributed by atoms with van der Waals surface area (Å²) in [5.41, 5.74) is 0.512. The fraction of sp³-hybridized carbons (Fsp3) is 0.857. The normalized spacial score (nSPS) is 10.4. The number of hydrogen-bond acceptors (Lipinski definition) is 0. The van der Waals surface area contributed by atoms with E-state index in [2.05, 4.69) is 48.5 Å². The zero-order valence-corrected chi connectivity index (χ0v) is 14.4. The summed E-state index contributed by atoms with van der Waals surface area (Å²) < 4.78 is 0. The molecule has 0 aromatic heterocycles. The summed E-state index contributed by atoms with van der Waals surface area (Å²) in [5, 5.41) is 0. The van der Waals surface area contributed by atoms with Crippen LogP contribution in [0.15, 0.2) is 0 Å². The maximum absolute atomic E-state index is 3.79. The van der Waals surface area contributed by atoms with Crippen molar-refractivity contribution in [1.82, 2.24) is 0 Å². The van der Waals surface area contributed by atoms with Gasteiger partial charge >= 0.3 is 21.1 Å². The maximum Gasteiger partial charge on any atom is 2.00 e. The molecule has 0 heterocycles. The molecule has 0 aliphatic carbocycles. The number of unbranched alkanes of at least 4 members (excludes halogenated alkanes) is 1. The van der Waals surface area contributed by atoms with Crippen molar-refractivity contribution >= 4 is 0 Å². The topological polar surface area (TPSA) is 0 Å². The Morgan fingerprint density at radius 3 is 1.53 bits per heavy atom. The molecule has 0 saturated heterocycles. The minimum absolute atomic E-state index is 0. The van der Waals surface area contributed by atoms with Crippen LogP contribution in [0.2, 0.25) is 0 Å². The first-order valence-electron chi connectivity index (χ1n) is 5.92. The van der Waals surface area contributed by atoms with Gasteiger partial charge in [-0.05, 0) is 11.3 Å². The van der Waals surface area contributed by atoms with Gasteiger partial charge in [0.1, 0.15) is 0 Å². The number of hydrogen-bond donors (Lipinski definition) is 0. The molecule has 0 aliphatic heterocycles. The van der Waals surface area contributed by atoms with Gasteiger partial charge in [0, 0.05) is 0 Å². The van der Waals surface area contributed by atoms with E-state index in [1.807, 2.05) is 0 Å². The van der Waals surface area contributed by atoms with E-state index < -0.39 is 0 Å². The Morgan fingerprint density at radius 1 is 1.00 bits per heavy atom. The van der Waals surface area contributed by atoms with Crippen LogP contribution in [0, 0.1) is 25.2 Å². The number of rotatable bonds is 4. The molecule has 0 nitrogen and oxygen atoms in total. The first-order valence-corrected chi connectivity index (χ1v) is 5.92. The van der Waals surface area contributed by atoms with Crippen LogP contribution in [0.3, 0.4) is 0 Å². The zero-order valence-electron chi connectivity index (χ0n) is 11.4. The standard InChI is InChI=1S/C8H17.C6H13.W/c1-5-6-7-8(2,3)4;1-4-5-6(2)3;/h1,5-7H2,2-4H3;6H,1,4-5H2,2-3H3;/q2*-1;+2. The Kier molecular flexibility index (Phi) is 17.9. The predicted octanol–water partition coefficient (Wildman–Crippen LogP) is 5.29. The molecule has 0 aromatic rings. The fourth-order valence-corrected chi connectivity index (χ4v) is 1.06. The summed E-state index contributed by atoms with van der Waals surface area (Å²) >= 11 is 0. The quantitative estimate of drug-likeness (QED) is 0.580. The van der Waals surface area contributed by atoms with Crippen molar-refractivity contribution in [2.75, 3.05) is 0 Å². The second kappa shape index (κ2) is 12.8. The van der Waals surface area contributed by atoms with E-state index in [0.717, 1.165) is 18.8 Å². The van der Waals surface area contributed by atoms with E-state index in [4.69, 9.17) is 0 Å². The molecule has 0 unspecified atom stereocenters. The largest absolute Gasteiger partial charge is 2.00 e. The van der Waals surface area contributed by atoms with E-state index in [9.17, 15) is 0 Å². The van der Waals surface area contributed by atoms with E-state index in [1.54, 1.807) is 0 Å².